The Bertz CT molecular complexity index is 617. The lowest BCUT2D eigenvalue weighted by atomic mass is 10.2. The van der Waals surface area contributed by atoms with Crippen molar-refractivity contribution < 1.29 is 17.9 Å². The highest BCUT2D eigenvalue weighted by Crippen LogP contribution is 2.36. The summed E-state index contributed by atoms with van der Waals surface area (Å²) in [6, 6.07) is 4.97. The molecule has 0 saturated carbocycles. The van der Waals surface area contributed by atoms with Crippen molar-refractivity contribution in [2.45, 2.75) is 11.7 Å². The number of ether oxygens (including phenoxy) is 1. The van der Waals surface area contributed by atoms with Gasteiger partial charge >= 0.3 is 0 Å². The van der Waals surface area contributed by atoms with Gasteiger partial charge in [-0.15, -0.1) is 0 Å². The summed E-state index contributed by atoms with van der Waals surface area (Å²) in [6.07, 6.45) is -0.133. The van der Waals surface area contributed by atoms with Crippen molar-refractivity contribution in [2.75, 3.05) is 18.6 Å². The predicted molar refractivity (Wildman–Crippen MR) is 71.9 cm³/mol. The molecule has 1 atom stereocenters. The van der Waals surface area contributed by atoms with E-state index in [9.17, 15) is 13.2 Å². The van der Waals surface area contributed by atoms with Gasteiger partial charge in [0.15, 0.2) is 0 Å². The Kier molecular flexibility index (Phi) is 3.71. The van der Waals surface area contributed by atoms with Crippen LogP contribution in [0.5, 0.6) is 5.75 Å². The fraction of sp³-hybridized carbons (Fsp3) is 0.364. The molecule has 1 aromatic rings. The Morgan fingerprint density at radius 2 is 2.16 bits per heavy atom. The first-order chi connectivity index (χ1) is 8.84. The number of hydrogen-bond acceptors (Lipinski definition) is 4. The van der Waals surface area contributed by atoms with E-state index in [2.05, 4.69) is 0 Å². The van der Waals surface area contributed by atoms with Gasteiger partial charge in [0.2, 0.25) is 15.9 Å². The third kappa shape index (κ3) is 2.68. The number of primary sulfonamides is 1. The second-order valence-electron chi connectivity index (χ2n) is 4.21. The molecule has 1 fully saturated rings. The normalized spacial score (nSPS) is 19.8. The van der Waals surface area contributed by atoms with Gasteiger partial charge in [-0.3, -0.25) is 4.79 Å². The number of carbonyl (C=O) groups is 1. The minimum Gasteiger partial charge on any atom is -0.495 e. The fourth-order valence-corrected chi connectivity index (χ4v) is 3.03. The van der Waals surface area contributed by atoms with Gasteiger partial charge in [-0.05, 0) is 12.1 Å². The number of carbonyl (C=O) groups excluding carboxylic acids is 1. The van der Waals surface area contributed by atoms with E-state index in [-0.39, 0.29) is 23.9 Å². The summed E-state index contributed by atoms with van der Waals surface area (Å²) in [5, 5.41) is 4.44. The SMILES string of the molecule is COc1cccc(N2CC(S(N)(=O)=O)CC2=O)c1Cl. The number of amides is 1. The van der Waals surface area contributed by atoms with Gasteiger partial charge in [-0.2, -0.15) is 0 Å². The Hall–Kier alpha value is -1.31. The van der Waals surface area contributed by atoms with Crippen LogP contribution in [0.25, 0.3) is 0 Å². The Morgan fingerprint density at radius 3 is 2.68 bits per heavy atom. The lowest BCUT2D eigenvalue weighted by Crippen LogP contribution is -2.32. The first kappa shape index (κ1) is 14.1. The van der Waals surface area contributed by atoms with Crippen molar-refractivity contribution in [3.63, 3.8) is 0 Å². The van der Waals surface area contributed by atoms with Crippen molar-refractivity contribution in [1.82, 2.24) is 0 Å². The van der Waals surface area contributed by atoms with Crippen LogP contribution < -0.4 is 14.8 Å². The average molecular weight is 305 g/mol. The van der Waals surface area contributed by atoms with E-state index in [1.54, 1.807) is 18.2 Å². The number of methoxy groups -OCH3 is 1. The van der Waals surface area contributed by atoms with Gasteiger partial charge < -0.3 is 9.64 Å². The molecule has 2 rings (SSSR count). The molecule has 6 nitrogen and oxygen atoms in total. The predicted octanol–water partition coefficient (Wildman–Crippen LogP) is 0.742. The zero-order valence-electron chi connectivity index (χ0n) is 10.2. The maximum Gasteiger partial charge on any atom is 0.228 e. The first-order valence-corrected chi connectivity index (χ1v) is 7.48. The quantitative estimate of drug-likeness (QED) is 0.892. The van der Waals surface area contributed by atoms with E-state index >= 15 is 0 Å². The maximum absolute atomic E-state index is 11.9. The molecule has 1 amide bonds. The third-order valence-electron chi connectivity index (χ3n) is 3.01. The number of anilines is 1. The molecule has 0 spiro atoms. The molecule has 19 heavy (non-hydrogen) atoms. The Labute approximate surface area is 116 Å². The summed E-state index contributed by atoms with van der Waals surface area (Å²) in [7, 11) is -2.28. The van der Waals surface area contributed by atoms with Gasteiger partial charge in [-0.1, -0.05) is 17.7 Å². The molecule has 2 N–H and O–H groups in total. The summed E-state index contributed by atoms with van der Waals surface area (Å²) in [4.78, 5) is 13.2. The van der Waals surface area contributed by atoms with Crippen molar-refractivity contribution in [3.05, 3.63) is 23.2 Å². The summed E-state index contributed by atoms with van der Waals surface area (Å²) in [5.41, 5.74) is 0.428. The van der Waals surface area contributed by atoms with Gasteiger partial charge in [-0.25, -0.2) is 13.6 Å². The highest BCUT2D eigenvalue weighted by Gasteiger charge is 2.38. The largest absolute Gasteiger partial charge is 0.495 e. The zero-order chi connectivity index (χ0) is 14.2. The molecule has 0 radical (unpaired) electrons. The number of nitrogens with two attached hydrogens (primary N) is 1. The van der Waals surface area contributed by atoms with E-state index in [4.69, 9.17) is 21.5 Å². The molecule has 1 aromatic carbocycles. The summed E-state index contributed by atoms with van der Waals surface area (Å²) in [6.45, 7) is 0.00452. The topological polar surface area (TPSA) is 89.7 Å². The van der Waals surface area contributed by atoms with Gasteiger partial charge in [0.25, 0.3) is 0 Å². The molecule has 1 heterocycles. The number of nitrogens with zero attached hydrogens (tertiary/aromatic N) is 1. The van der Waals surface area contributed by atoms with Crippen LogP contribution >= 0.6 is 11.6 Å². The van der Waals surface area contributed by atoms with E-state index in [0.717, 1.165) is 0 Å². The number of halogens is 1. The van der Waals surface area contributed by atoms with E-state index in [0.29, 0.717) is 11.4 Å². The van der Waals surface area contributed by atoms with Crippen molar-refractivity contribution in [2.24, 2.45) is 5.14 Å². The van der Waals surface area contributed by atoms with E-state index in [1.165, 1.54) is 12.0 Å². The van der Waals surface area contributed by atoms with Gasteiger partial charge in [0.1, 0.15) is 16.0 Å². The lowest BCUT2D eigenvalue weighted by molar-refractivity contribution is -0.117. The minimum atomic E-state index is -3.74. The maximum atomic E-state index is 11.9. The molecule has 1 aliphatic rings. The van der Waals surface area contributed by atoms with Gasteiger partial charge in [0.05, 0.1) is 12.8 Å². The average Bonchev–Trinajstić information content (AvgIpc) is 2.71. The molecule has 0 aromatic heterocycles. The van der Waals surface area contributed by atoms with Crippen LogP contribution in [-0.2, 0) is 14.8 Å². The highest BCUT2D eigenvalue weighted by atomic mass is 35.5. The van der Waals surface area contributed by atoms with Crippen LogP contribution in [0.1, 0.15) is 6.42 Å². The first-order valence-electron chi connectivity index (χ1n) is 5.49. The molecule has 104 valence electrons. The molecule has 0 bridgehead atoms. The molecule has 1 aliphatic heterocycles. The van der Waals surface area contributed by atoms with Crippen LogP contribution in [0.4, 0.5) is 5.69 Å². The fourth-order valence-electron chi connectivity index (χ4n) is 1.99. The van der Waals surface area contributed by atoms with E-state index in [1.807, 2.05) is 0 Å². The number of benzene rings is 1. The van der Waals surface area contributed by atoms with Crippen molar-refractivity contribution >= 4 is 33.2 Å². The van der Waals surface area contributed by atoms with E-state index < -0.39 is 15.3 Å². The van der Waals surface area contributed by atoms with Crippen LogP contribution in [0, 0.1) is 0 Å². The van der Waals surface area contributed by atoms with Crippen LogP contribution in [0.2, 0.25) is 5.02 Å². The van der Waals surface area contributed by atoms with Crippen LogP contribution in [0.15, 0.2) is 18.2 Å². The van der Waals surface area contributed by atoms with Crippen LogP contribution in [0.3, 0.4) is 0 Å². The number of rotatable bonds is 3. The third-order valence-corrected chi connectivity index (χ3v) is 4.63. The summed E-state index contributed by atoms with van der Waals surface area (Å²) in [5.74, 6) is 0.0974. The molecule has 1 unspecified atom stereocenters. The number of hydrogen-bond donors (Lipinski definition) is 1. The molecule has 0 aliphatic carbocycles. The standard InChI is InChI=1S/C11H13ClN2O4S/c1-18-9-4-2-3-8(11(9)12)14-6-7(5-10(14)15)19(13,16)17/h2-4,7H,5-6H2,1H3,(H2,13,16,17). The second kappa shape index (κ2) is 4.99. The molecular weight excluding hydrogens is 292 g/mol. The monoisotopic (exact) mass is 304 g/mol. The smallest absolute Gasteiger partial charge is 0.228 e. The molecule has 1 saturated heterocycles. The second-order valence-corrected chi connectivity index (χ2v) is 6.44. The summed E-state index contributed by atoms with van der Waals surface area (Å²) >= 11 is 6.12. The molecule has 8 heteroatoms. The lowest BCUT2D eigenvalue weighted by Gasteiger charge is -2.19. The summed E-state index contributed by atoms with van der Waals surface area (Å²) < 4.78 is 27.7. The van der Waals surface area contributed by atoms with Crippen molar-refractivity contribution in [1.29, 1.82) is 0 Å². The highest BCUT2D eigenvalue weighted by molar-refractivity contribution is 7.89. The minimum absolute atomic E-state index is 0.00452. The Morgan fingerprint density at radius 1 is 1.47 bits per heavy atom. The Balaban J connectivity index is 2.36. The van der Waals surface area contributed by atoms with Gasteiger partial charge in [0, 0.05) is 13.0 Å². The van der Waals surface area contributed by atoms with Crippen LogP contribution in [-0.4, -0.2) is 33.2 Å². The van der Waals surface area contributed by atoms with Crippen molar-refractivity contribution in [3.8, 4) is 5.75 Å². The number of sulfonamides is 1. The molecular formula is C11H13ClN2O4S. The zero-order valence-corrected chi connectivity index (χ0v) is 11.7.